The number of carbonyl (C=O) groups excluding carboxylic acids is 1. The number of nitrogens with zero attached hydrogens (tertiary/aromatic N) is 3. The van der Waals surface area contributed by atoms with Gasteiger partial charge in [-0.15, -0.1) is 0 Å². The Labute approximate surface area is 102 Å². The third kappa shape index (κ3) is 2.57. The average Bonchev–Trinajstić information content (AvgIpc) is 2.40. The smallest absolute Gasteiger partial charge is 0.254 e. The third-order valence-electron chi connectivity index (χ3n) is 2.22. The lowest BCUT2D eigenvalue weighted by atomic mass is 10.2. The minimum Gasteiger partial charge on any atom is -0.381 e. The number of amides is 1. The number of carbonyl (C=O) groups is 1. The molecule has 3 N–H and O–H groups in total. The van der Waals surface area contributed by atoms with Crippen LogP contribution in [0, 0.1) is 5.82 Å². The minimum absolute atomic E-state index is 0.147. The Kier molecular flexibility index (Phi) is 3.42. The van der Waals surface area contributed by atoms with Gasteiger partial charge in [-0.2, -0.15) is 10.2 Å². The molecule has 0 spiro atoms. The zero-order valence-corrected chi connectivity index (χ0v) is 9.30. The van der Waals surface area contributed by atoms with Gasteiger partial charge >= 0.3 is 0 Å². The molecule has 0 aliphatic heterocycles. The van der Waals surface area contributed by atoms with Gasteiger partial charge in [-0.3, -0.25) is 4.79 Å². The Morgan fingerprint density at radius 2 is 2.22 bits per heavy atom. The van der Waals surface area contributed by atoms with E-state index < -0.39 is 11.7 Å². The summed E-state index contributed by atoms with van der Waals surface area (Å²) in [5.41, 5.74) is 5.71. The summed E-state index contributed by atoms with van der Waals surface area (Å²) in [6, 6.07) is 4.65. The molecule has 0 radical (unpaired) electrons. The average molecular weight is 247 g/mol. The van der Waals surface area contributed by atoms with Crippen molar-refractivity contribution in [2.45, 2.75) is 6.54 Å². The number of halogens is 1. The lowest BCUT2D eigenvalue weighted by Gasteiger charge is -2.05. The molecule has 2 aromatic rings. The van der Waals surface area contributed by atoms with Crippen LogP contribution < -0.4 is 11.1 Å². The van der Waals surface area contributed by atoms with E-state index in [1.165, 1.54) is 18.5 Å². The van der Waals surface area contributed by atoms with Crippen LogP contribution in [0.25, 0.3) is 0 Å². The summed E-state index contributed by atoms with van der Waals surface area (Å²) in [6.07, 6.45) is 2.80. The van der Waals surface area contributed by atoms with Gasteiger partial charge in [0, 0.05) is 12.4 Å². The summed E-state index contributed by atoms with van der Waals surface area (Å²) in [5, 5.41) is 9.97. The second-order valence-electron chi connectivity index (χ2n) is 3.46. The Balaban J connectivity index is 2.07. The van der Waals surface area contributed by atoms with Gasteiger partial charge in [0.05, 0.1) is 17.8 Å². The number of hydrogen-bond acceptors (Lipinski definition) is 5. The van der Waals surface area contributed by atoms with E-state index in [1.807, 2.05) is 0 Å². The number of nitrogen functional groups attached to an aromatic ring is 1. The van der Waals surface area contributed by atoms with E-state index in [9.17, 15) is 9.18 Å². The molecule has 0 unspecified atom stereocenters. The summed E-state index contributed by atoms with van der Waals surface area (Å²) < 4.78 is 13.5. The summed E-state index contributed by atoms with van der Waals surface area (Å²) in [6.45, 7) is 0.161. The van der Waals surface area contributed by atoms with E-state index in [0.29, 0.717) is 5.69 Å². The van der Waals surface area contributed by atoms with Crippen molar-refractivity contribution >= 4 is 11.7 Å². The van der Waals surface area contributed by atoms with Crippen LogP contribution in [0.4, 0.5) is 10.2 Å². The molecule has 0 aliphatic carbocycles. The summed E-state index contributed by atoms with van der Waals surface area (Å²) in [5.74, 6) is -1.71. The van der Waals surface area contributed by atoms with Gasteiger partial charge in [0.15, 0.2) is 11.6 Å². The van der Waals surface area contributed by atoms with Crippen LogP contribution in [-0.4, -0.2) is 21.1 Å². The first kappa shape index (κ1) is 11.9. The van der Waals surface area contributed by atoms with Crippen LogP contribution in [0.1, 0.15) is 16.1 Å². The number of pyridine rings is 1. The maximum atomic E-state index is 13.5. The van der Waals surface area contributed by atoms with E-state index in [0.717, 1.165) is 0 Å². The molecule has 0 aromatic carbocycles. The van der Waals surface area contributed by atoms with Crippen molar-refractivity contribution < 1.29 is 9.18 Å². The largest absolute Gasteiger partial charge is 0.381 e. The van der Waals surface area contributed by atoms with Crippen LogP contribution in [0.5, 0.6) is 0 Å². The number of rotatable bonds is 3. The van der Waals surface area contributed by atoms with E-state index in [1.54, 1.807) is 12.1 Å². The molecular weight excluding hydrogens is 237 g/mol. The highest BCUT2D eigenvalue weighted by molar-refractivity contribution is 5.94. The highest BCUT2D eigenvalue weighted by Gasteiger charge is 2.14. The first-order chi connectivity index (χ1) is 8.68. The molecule has 0 atom stereocenters. The van der Waals surface area contributed by atoms with Crippen molar-refractivity contribution in [3.63, 3.8) is 0 Å². The predicted molar refractivity (Wildman–Crippen MR) is 61.8 cm³/mol. The first-order valence-electron chi connectivity index (χ1n) is 5.13. The molecule has 92 valence electrons. The number of nitrogens with one attached hydrogen (secondary N) is 1. The maximum absolute atomic E-state index is 13.5. The summed E-state index contributed by atoms with van der Waals surface area (Å²) in [7, 11) is 0. The number of hydrogen-bond donors (Lipinski definition) is 2. The fourth-order valence-electron chi connectivity index (χ4n) is 1.33. The Morgan fingerprint density at radius 1 is 1.39 bits per heavy atom. The predicted octanol–water partition coefficient (Wildman–Crippen LogP) is 0.523. The standard InChI is InChI=1S/C11H10FN5O/c12-9-8(3-5-14-10(9)13)11(18)15-6-7-2-1-4-16-17-7/h1-5H,6H2,(H2,13,14)(H,15,18). The fraction of sp³-hybridized carbons (Fsp3) is 0.0909. The third-order valence-corrected chi connectivity index (χ3v) is 2.22. The monoisotopic (exact) mass is 247 g/mol. The molecule has 2 rings (SSSR count). The van der Waals surface area contributed by atoms with Gasteiger partial charge in [-0.1, -0.05) is 0 Å². The van der Waals surface area contributed by atoms with E-state index in [4.69, 9.17) is 5.73 Å². The van der Waals surface area contributed by atoms with Crippen LogP contribution in [0.15, 0.2) is 30.6 Å². The van der Waals surface area contributed by atoms with Gasteiger partial charge in [0.25, 0.3) is 5.91 Å². The van der Waals surface area contributed by atoms with Gasteiger partial charge in [-0.05, 0) is 18.2 Å². The van der Waals surface area contributed by atoms with Gasteiger partial charge < -0.3 is 11.1 Å². The minimum atomic E-state index is -0.825. The van der Waals surface area contributed by atoms with Crippen LogP contribution in [-0.2, 0) is 6.54 Å². The van der Waals surface area contributed by atoms with Crippen LogP contribution in [0.2, 0.25) is 0 Å². The zero-order valence-electron chi connectivity index (χ0n) is 9.30. The number of anilines is 1. The molecule has 0 bridgehead atoms. The lowest BCUT2D eigenvalue weighted by Crippen LogP contribution is -2.25. The lowest BCUT2D eigenvalue weighted by molar-refractivity contribution is 0.0946. The number of nitrogens with two attached hydrogens (primary N) is 1. The Morgan fingerprint density at radius 3 is 2.94 bits per heavy atom. The first-order valence-corrected chi connectivity index (χ1v) is 5.13. The SMILES string of the molecule is Nc1nccc(C(=O)NCc2cccnn2)c1F. The van der Waals surface area contributed by atoms with Crippen LogP contribution in [0.3, 0.4) is 0 Å². The molecule has 2 aromatic heterocycles. The van der Waals surface area contributed by atoms with Crippen molar-refractivity contribution in [1.29, 1.82) is 0 Å². The topological polar surface area (TPSA) is 93.8 Å². The summed E-state index contributed by atoms with van der Waals surface area (Å²) in [4.78, 5) is 15.2. The maximum Gasteiger partial charge on any atom is 0.254 e. The Hall–Kier alpha value is -2.57. The quantitative estimate of drug-likeness (QED) is 0.824. The molecule has 0 saturated carbocycles. The molecule has 2 heterocycles. The van der Waals surface area contributed by atoms with Gasteiger partial charge in [0.2, 0.25) is 0 Å². The van der Waals surface area contributed by atoms with Crippen molar-refractivity contribution in [3.8, 4) is 0 Å². The molecule has 6 nitrogen and oxygen atoms in total. The van der Waals surface area contributed by atoms with Crippen molar-refractivity contribution in [3.05, 3.63) is 47.7 Å². The van der Waals surface area contributed by atoms with E-state index >= 15 is 0 Å². The molecule has 0 saturated heterocycles. The van der Waals surface area contributed by atoms with Crippen molar-refractivity contribution in [2.24, 2.45) is 0 Å². The molecule has 1 amide bonds. The number of aromatic nitrogens is 3. The normalized spacial score (nSPS) is 10.1. The molecule has 7 heteroatoms. The van der Waals surface area contributed by atoms with Gasteiger partial charge in [-0.25, -0.2) is 9.37 Å². The van der Waals surface area contributed by atoms with Crippen LogP contribution >= 0.6 is 0 Å². The summed E-state index contributed by atoms with van der Waals surface area (Å²) >= 11 is 0. The highest BCUT2D eigenvalue weighted by atomic mass is 19.1. The second kappa shape index (κ2) is 5.17. The zero-order chi connectivity index (χ0) is 13.0. The second-order valence-corrected chi connectivity index (χ2v) is 3.46. The van der Waals surface area contributed by atoms with Gasteiger partial charge in [0.1, 0.15) is 0 Å². The molecule has 0 fully saturated rings. The molecular formula is C11H10FN5O. The van der Waals surface area contributed by atoms with Crippen molar-refractivity contribution in [1.82, 2.24) is 20.5 Å². The molecule has 0 aliphatic rings. The van der Waals surface area contributed by atoms with E-state index in [-0.39, 0.29) is 17.9 Å². The highest BCUT2D eigenvalue weighted by Crippen LogP contribution is 2.11. The molecule has 18 heavy (non-hydrogen) atoms. The Bertz CT molecular complexity index is 561. The van der Waals surface area contributed by atoms with Crippen molar-refractivity contribution in [2.75, 3.05) is 5.73 Å². The fourth-order valence-corrected chi connectivity index (χ4v) is 1.33. The van der Waals surface area contributed by atoms with E-state index in [2.05, 4.69) is 20.5 Å².